The molecule has 1 aliphatic rings. The fourth-order valence-electron chi connectivity index (χ4n) is 2.81. The SMILES string of the molecule is CCC1(c2cc(F)ccc2OC)CCNCC1. The van der Waals surface area contributed by atoms with Crippen LogP contribution in [0.5, 0.6) is 5.75 Å². The number of rotatable bonds is 3. The van der Waals surface area contributed by atoms with Crippen LogP contribution in [0.4, 0.5) is 4.39 Å². The lowest BCUT2D eigenvalue weighted by Gasteiger charge is -2.38. The molecule has 0 saturated carbocycles. The van der Waals surface area contributed by atoms with Gasteiger partial charge in [0.2, 0.25) is 0 Å². The van der Waals surface area contributed by atoms with Gasteiger partial charge in [0, 0.05) is 11.0 Å². The average Bonchev–Trinajstić information content (AvgIpc) is 2.39. The summed E-state index contributed by atoms with van der Waals surface area (Å²) in [7, 11) is 1.65. The number of methoxy groups -OCH3 is 1. The van der Waals surface area contributed by atoms with Crippen molar-refractivity contribution in [3.63, 3.8) is 0 Å². The highest BCUT2D eigenvalue weighted by Crippen LogP contribution is 2.41. The van der Waals surface area contributed by atoms with E-state index in [2.05, 4.69) is 12.2 Å². The average molecular weight is 237 g/mol. The largest absolute Gasteiger partial charge is 0.496 e. The monoisotopic (exact) mass is 237 g/mol. The molecule has 1 aliphatic heterocycles. The fourth-order valence-corrected chi connectivity index (χ4v) is 2.81. The molecule has 1 aromatic rings. The van der Waals surface area contributed by atoms with Crippen molar-refractivity contribution in [2.45, 2.75) is 31.6 Å². The first-order valence-corrected chi connectivity index (χ1v) is 6.26. The zero-order valence-electron chi connectivity index (χ0n) is 10.6. The highest BCUT2D eigenvalue weighted by Gasteiger charge is 2.34. The molecule has 2 rings (SSSR count). The van der Waals surface area contributed by atoms with Gasteiger partial charge < -0.3 is 10.1 Å². The number of benzene rings is 1. The second-order valence-electron chi connectivity index (χ2n) is 4.73. The predicted molar refractivity (Wildman–Crippen MR) is 67.0 cm³/mol. The Morgan fingerprint density at radius 2 is 2.06 bits per heavy atom. The van der Waals surface area contributed by atoms with Crippen LogP contribution in [-0.4, -0.2) is 20.2 Å². The summed E-state index contributed by atoms with van der Waals surface area (Å²) in [6, 6.07) is 4.85. The Balaban J connectivity index is 2.44. The lowest BCUT2D eigenvalue weighted by Crippen LogP contribution is -2.39. The maximum atomic E-state index is 13.5. The van der Waals surface area contributed by atoms with Gasteiger partial charge in [0.1, 0.15) is 11.6 Å². The van der Waals surface area contributed by atoms with Gasteiger partial charge in [0.15, 0.2) is 0 Å². The summed E-state index contributed by atoms with van der Waals surface area (Å²) in [5, 5.41) is 3.36. The van der Waals surface area contributed by atoms with Crippen LogP contribution in [-0.2, 0) is 5.41 Å². The molecule has 3 heteroatoms. The van der Waals surface area contributed by atoms with Gasteiger partial charge in [-0.3, -0.25) is 0 Å². The zero-order valence-corrected chi connectivity index (χ0v) is 10.6. The first-order chi connectivity index (χ1) is 8.22. The normalized spacial score (nSPS) is 19.0. The van der Waals surface area contributed by atoms with Crippen molar-refractivity contribution in [2.75, 3.05) is 20.2 Å². The van der Waals surface area contributed by atoms with Gasteiger partial charge in [0.05, 0.1) is 7.11 Å². The van der Waals surface area contributed by atoms with Crippen molar-refractivity contribution >= 4 is 0 Å². The van der Waals surface area contributed by atoms with Gasteiger partial charge in [-0.25, -0.2) is 4.39 Å². The van der Waals surface area contributed by atoms with Gasteiger partial charge in [0.25, 0.3) is 0 Å². The lowest BCUT2D eigenvalue weighted by atomic mass is 9.71. The second-order valence-corrected chi connectivity index (χ2v) is 4.73. The Labute approximate surface area is 102 Å². The van der Waals surface area contributed by atoms with Crippen molar-refractivity contribution in [3.05, 3.63) is 29.6 Å². The van der Waals surface area contributed by atoms with Gasteiger partial charge in [-0.15, -0.1) is 0 Å². The molecule has 0 spiro atoms. The van der Waals surface area contributed by atoms with Crippen LogP contribution in [0.25, 0.3) is 0 Å². The zero-order chi connectivity index (χ0) is 12.3. The molecule has 2 nitrogen and oxygen atoms in total. The van der Waals surface area contributed by atoms with E-state index in [4.69, 9.17) is 4.74 Å². The smallest absolute Gasteiger partial charge is 0.123 e. The summed E-state index contributed by atoms with van der Waals surface area (Å²) in [4.78, 5) is 0. The van der Waals surface area contributed by atoms with Gasteiger partial charge in [-0.05, 0) is 50.6 Å². The van der Waals surface area contributed by atoms with E-state index in [1.807, 2.05) is 0 Å². The van der Waals surface area contributed by atoms with E-state index in [9.17, 15) is 4.39 Å². The Morgan fingerprint density at radius 3 is 2.65 bits per heavy atom. The number of nitrogens with one attached hydrogen (secondary N) is 1. The van der Waals surface area contributed by atoms with Crippen LogP contribution < -0.4 is 10.1 Å². The summed E-state index contributed by atoms with van der Waals surface area (Å²) in [6.07, 6.45) is 3.11. The summed E-state index contributed by atoms with van der Waals surface area (Å²) in [5.74, 6) is 0.641. The molecule has 0 bridgehead atoms. The number of halogens is 1. The molecule has 17 heavy (non-hydrogen) atoms. The van der Waals surface area contributed by atoms with Gasteiger partial charge >= 0.3 is 0 Å². The summed E-state index contributed by atoms with van der Waals surface area (Å²) in [6.45, 7) is 4.16. The van der Waals surface area contributed by atoms with Crippen LogP contribution in [0.3, 0.4) is 0 Å². The maximum Gasteiger partial charge on any atom is 0.123 e. The van der Waals surface area contributed by atoms with Crippen molar-refractivity contribution in [1.82, 2.24) is 5.32 Å². The summed E-state index contributed by atoms with van der Waals surface area (Å²) >= 11 is 0. The maximum absolute atomic E-state index is 13.5. The van der Waals surface area contributed by atoms with Crippen molar-refractivity contribution in [3.8, 4) is 5.75 Å². The molecule has 1 saturated heterocycles. The Kier molecular flexibility index (Phi) is 3.67. The van der Waals surface area contributed by atoms with Crippen molar-refractivity contribution in [1.29, 1.82) is 0 Å². The Hall–Kier alpha value is -1.09. The lowest BCUT2D eigenvalue weighted by molar-refractivity contribution is 0.283. The highest BCUT2D eigenvalue weighted by atomic mass is 19.1. The van der Waals surface area contributed by atoms with E-state index in [-0.39, 0.29) is 11.2 Å². The standard InChI is InChI=1S/C14H20FNO/c1-3-14(6-8-16-9-7-14)12-10-11(15)4-5-13(12)17-2/h4-5,10,16H,3,6-9H2,1-2H3. The number of piperidine rings is 1. The molecule has 1 heterocycles. The third-order valence-corrected chi connectivity index (χ3v) is 3.97. The van der Waals surface area contributed by atoms with E-state index >= 15 is 0 Å². The molecule has 0 aromatic heterocycles. The Bertz CT molecular complexity index is 386. The predicted octanol–water partition coefficient (Wildman–Crippen LogP) is 2.87. The van der Waals surface area contributed by atoms with Crippen LogP contribution >= 0.6 is 0 Å². The fraction of sp³-hybridized carbons (Fsp3) is 0.571. The molecule has 0 aliphatic carbocycles. The minimum absolute atomic E-state index is 0.0681. The third-order valence-electron chi connectivity index (χ3n) is 3.97. The van der Waals surface area contributed by atoms with Crippen LogP contribution in [0.15, 0.2) is 18.2 Å². The third kappa shape index (κ3) is 2.29. The number of hydrogen-bond donors (Lipinski definition) is 1. The molecule has 0 atom stereocenters. The van der Waals surface area contributed by atoms with E-state index in [1.165, 1.54) is 6.07 Å². The van der Waals surface area contributed by atoms with Crippen LogP contribution in [0, 0.1) is 5.82 Å². The van der Waals surface area contributed by atoms with Crippen molar-refractivity contribution < 1.29 is 9.13 Å². The summed E-state index contributed by atoms with van der Waals surface area (Å²) in [5.41, 5.74) is 1.10. The second kappa shape index (κ2) is 5.05. The van der Waals surface area contributed by atoms with Gasteiger partial charge in [-0.1, -0.05) is 6.92 Å². The van der Waals surface area contributed by atoms with Gasteiger partial charge in [-0.2, -0.15) is 0 Å². The van der Waals surface area contributed by atoms with Crippen LogP contribution in [0.2, 0.25) is 0 Å². The first kappa shape index (κ1) is 12.4. The number of ether oxygens (including phenoxy) is 1. The minimum Gasteiger partial charge on any atom is -0.496 e. The van der Waals surface area contributed by atoms with E-state index in [1.54, 1.807) is 19.2 Å². The molecule has 1 fully saturated rings. The summed E-state index contributed by atoms with van der Waals surface area (Å²) < 4.78 is 18.9. The van der Waals surface area contributed by atoms with E-state index in [0.717, 1.165) is 43.7 Å². The molecule has 0 amide bonds. The molecule has 0 radical (unpaired) electrons. The van der Waals surface area contributed by atoms with E-state index in [0.29, 0.717) is 0 Å². The van der Waals surface area contributed by atoms with E-state index < -0.39 is 0 Å². The first-order valence-electron chi connectivity index (χ1n) is 6.26. The van der Waals surface area contributed by atoms with Crippen LogP contribution in [0.1, 0.15) is 31.7 Å². The minimum atomic E-state index is -0.174. The molecule has 1 N–H and O–H groups in total. The van der Waals surface area contributed by atoms with Crippen molar-refractivity contribution in [2.24, 2.45) is 0 Å². The molecule has 94 valence electrons. The molecule has 1 aromatic carbocycles. The molecule has 0 unspecified atom stereocenters. The highest BCUT2D eigenvalue weighted by molar-refractivity contribution is 5.40. The Morgan fingerprint density at radius 1 is 1.35 bits per heavy atom. The molecular weight excluding hydrogens is 217 g/mol. The topological polar surface area (TPSA) is 21.3 Å². The molecular formula is C14H20FNO. The quantitative estimate of drug-likeness (QED) is 0.872. The number of hydrogen-bond acceptors (Lipinski definition) is 2.